The lowest BCUT2D eigenvalue weighted by Crippen LogP contribution is -1.97. The second kappa shape index (κ2) is 12.7. The molecule has 0 N–H and O–H groups in total. The van der Waals surface area contributed by atoms with Crippen LogP contribution in [0.15, 0.2) is 48.5 Å². The normalized spacial score (nSPS) is 9.70. The van der Waals surface area contributed by atoms with Crippen molar-refractivity contribution >= 4 is 0 Å². The van der Waals surface area contributed by atoms with Crippen LogP contribution in [0.1, 0.15) is 75.5 Å². The lowest BCUT2D eigenvalue weighted by Gasteiger charge is -2.06. The Bertz CT molecular complexity index is 777. The molecule has 1 heteroatoms. The number of ether oxygens (including phenoxy) is 1. The van der Waals surface area contributed by atoms with Crippen molar-refractivity contribution < 1.29 is 4.74 Å². The van der Waals surface area contributed by atoms with E-state index in [0.29, 0.717) is 0 Å². The zero-order chi connectivity index (χ0) is 19.2. The van der Waals surface area contributed by atoms with Gasteiger partial charge in [-0.05, 0) is 55.0 Å². The molecule has 0 heterocycles. The predicted octanol–water partition coefficient (Wildman–Crippen LogP) is 6.59. The van der Waals surface area contributed by atoms with E-state index in [4.69, 9.17) is 4.74 Å². The molecule has 0 aromatic heterocycles. The summed E-state index contributed by atoms with van der Waals surface area (Å²) in [6, 6.07) is 16.1. The van der Waals surface area contributed by atoms with Gasteiger partial charge in [-0.2, -0.15) is 0 Å². The molecular formula is C26H30O. The monoisotopic (exact) mass is 358 g/mol. The van der Waals surface area contributed by atoms with Gasteiger partial charge in [0.05, 0.1) is 6.61 Å². The van der Waals surface area contributed by atoms with Crippen molar-refractivity contribution in [2.75, 3.05) is 6.61 Å². The summed E-state index contributed by atoms with van der Waals surface area (Å²) in [6.07, 6.45) is 8.57. The molecule has 0 radical (unpaired) electrons. The van der Waals surface area contributed by atoms with E-state index in [9.17, 15) is 0 Å². The van der Waals surface area contributed by atoms with Gasteiger partial charge in [0.15, 0.2) is 0 Å². The number of unbranched alkanes of at least 4 members (excludes halogenated alkanes) is 5. The Labute approximate surface area is 165 Å². The largest absolute Gasteiger partial charge is 0.494 e. The fourth-order valence-corrected chi connectivity index (χ4v) is 2.68. The van der Waals surface area contributed by atoms with E-state index in [1.807, 2.05) is 48.5 Å². The van der Waals surface area contributed by atoms with Crippen molar-refractivity contribution in [1.29, 1.82) is 0 Å². The summed E-state index contributed by atoms with van der Waals surface area (Å²) >= 11 is 0. The van der Waals surface area contributed by atoms with E-state index in [1.54, 1.807) is 0 Å². The third-order valence-electron chi connectivity index (χ3n) is 4.27. The molecule has 0 saturated heterocycles. The summed E-state index contributed by atoms with van der Waals surface area (Å²) in [5.41, 5.74) is 3.03. The molecule has 0 aliphatic rings. The molecule has 0 atom stereocenters. The van der Waals surface area contributed by atoms with Gasteiger partial charge in [-0.15, -0.1) is 0 Å². The Morgan fingerprint density at radius 1 is 0.630 bits per heavy atom. The van der Waals surface area contributed by atoms with Crippen LogP contribution in [0.5, 0.6) is 5.75 Å². The predicted molar refractivity (Wildman–Crippen MR) is 115 cm³/mol. The third-order valence-corrected chi connectivity index (χ3v) is 4.27. The van der Waals surface area contributed by atoms with E-state index in [2.05, 4.69) is 37.5 Å². The Morgan fingerprint density at radius 3 is 1.74 bits per heavy atom. The van der Waals surface area contributed by atoms with Crippen LogP contribution in [-0.4, -0.2) is 6.61 Å². The Balaban J connectivity index is 1.78. The van der Waals surface area contributed by atoms with Gasteiger partial charge in [-0.3, -0.25) is 0 Å². The van der Waals surface area contributed by atoms with Crippen molar-refractivity contribution in [3.8, 4) is 29.4 Å². The van der Waals surface area contributed by atoms with Crippen molar-refractivity contribution in [3.63, 3.8) is 0 Å². The fraction of sp³-hybridized carbons (Fsp3) is 0.385. The van der Waals surface area contributed by atoms with Crippen LogP contribution in [0.2, 0.25) is 0 Å². The highest BCUT2D eigenvalue weighted by molar-refractivity contribution is 5.46. The molecule has 0 aliphatic heterocycles. The summed E-state index contributed by atoms with van der Waals surface area (Å²) in [5, 5.41) is 0. The van der Waals surface area contributed by atoms with Gasteiger partial charge in [0.25, 0.3) is 0 Å². The quantitative estimate of drug-likeness (QED) is 0.382. The molecule has 0 aliphatic carbocycles. The molecule has 0 bridgehead atoms. The highest BCUT2D eigenvalue weighted by atomic mass is 16.5. The molecule has 0 unspecified atom stereocenters. The fourth-order valence-electron chi connectivity index (χ4n) is 2.68. The van der Waals surface area contributed by atoms with Crippen molar-refractivity contribution in [1.82, 2.24) is 0 Å². The first kappa shape index (κ1) is 20.7. The number of hydrogen-bond donors (Lipinski definition) is 0. The molecular weight excluding hydrogens is 328 g/mol. The van der Waals surface area contributed by atoms with Gasteiger partial charge < -0.3 is 4.74 Å². The maximum Gasteiger partial charge on any atom is 0.119 e. The zero-order valence-electron chi connectivity index (χ0n) is 16.7. The molecule has 0 spiro atoms. The van der Waals surface area contributed by atoms with E-state index in [-0.39, 0.29) is 0 Å². The van der Waals surface area contributed by atoms with Crippen LogP contribution in [0.4, 0.5) is 0 Å². The molecule has 0 fully saturated rings. The van der Waals surface area contributed by atoms with Gasteiger partial charge >= 0.3 is 0 Å². The van der Waals surface area contributed by atoms with E-state index >= 15 is 0 Å². The first-order chi connectivity index (χ1) is 13.3. The van der Waals surface area contributed by atoms with E-state index in [1.165, 1.54) is 32.1 Å². The van der Waals surface area contributed by atoms with Crippen LogP contribution in [-0.2, 0) is 0 Å². The number of hydrogen-bond acceptors (Lipinski definition) is 1. The molecule has 2 aromatic carbocycles. The first-order valence-corrected chi connectivity index (χ1v) is 10.2. The third kappa shape index (κ3) is 8.52. The molecule has 27 heavy (non-hydrogen) atoms. The molecule has 0 amide bonds. The van der Waals surface area contributed by atoms with Gasteiger partial charge in [0.1, 0.15) is 5.75 Å². The van der Waals surface area contributed by atoms with Crippen LogP contribution in [0, 0.1) is 23.7 Å². The molecule has 140 valence electrons. The van der Waals surface area contributed by atoms with Gasteiger partial charge in [0, 0.05) is 23.1 Å². The SMILES string of the molecule is CCC#Cc1ccc(C#Cc2ccc(OCCCCCCCC)cc2)cc1. The highest BCUT2D eigenvalue weighted by Gasteiger charge is 1.95. The minimum absolute atomic E-state index is 0.796. The van der Waals surface area contributed by atoms with Crippen molar-refractivity contribution in [2.45, 2.75) is 58.8 Å². The van der Waals surface area contributed by atoms with E-state index < -0.39 is 0 Å². The Morgan fingerprint density at radius 2 is 1.15 bits per heavy atom. The maximum absolute atomic E-state index is 5.81. The van der Waals surface area contributed by atoms with Gasteiger partial charge in [0.2, 0.25) is 0 Å². The van der Waals surface area contributed by atoms with Gasteiger partial charge in [-0.1, -0.05) is 69.6 Å². The lowest BCUT2D eigenvalue weighted by molar-refractivity contribution is 0.304. The summed E-state index contributed by atoms with van der Waals surface area (Å²) < 4.78 is 5.81. The van der Waals surface area contributed by atoms with Crippen LogP contribution >= 0.6 is 0 Å². The second-order valence-corrected chi connectivity index (χ2v) is 6.62. The van der Waals surface area contributed by atoms with Crippen LogP contribution in [0.25, 0.3) is 0 Å². The zero-order valence-corrected chi connectivity index (χ0v) is 16.7. The summed E-state index contributed by atoms with van der Waals surface area (Å²) in [6.45, 7) is 5.10. The standard InChI is InChI=1S/C26H30O/c1-3-5-7-8-9-10-22-27-26-20-18-25(19-21-26)17-16-24-14-12-23(13-15-24)11-6-4-2/h12-15,18-21H,3-5,7-10,22H2,1-2H3. The lowest BCUT2D eigenvalue weighted by atomic mass is 10.1. The average molecular weight is 359 g/mol. The summed E-state index contributed by atoms with van der Waals surface area (Å²) in [7, 11) is 0. The smallest absolute Gasteiger partial charge is 0.119 e. The maximum atomic E-state index is 5.81. The van der Waals surface area contributed by atoms with Crippen LogP contribution in [0.3, 0.4) is 0 Å². The van der Waals surface area contributed by atoms with Crippen molar-refractivity contribution in [2.24, 2.45) is 0 Å². The minimum Gasteiger partial charge on any atom is -0.494 e. The molecule has 2 aromatic rings. The molecule has 2 rings (SSSR count). The second-order valence-electron chi connectivity index (χ2n) is 6.62. The van der Waals surface area contributed by atoms with Crippen LogP contribution < -0.4 is 4.74 Å². The molecule has 0 saturated carbocycles. The molecule has 1 nitrogen and oxygen atoms in total. The average Bonchev–Trinajstić information content (AvgIpc) is 2.71. The minimum atomic E-state index is 0.796. The highest BCUT2D eigenvalue weighted by Crippen LogP contribution is 2.13. The topological polar surface area (TPSA) is 9.23 Å². The van der Waals surface area contributed by atoms with Crippen molar-refractivity contribution in [3.05, 3.63) is 65.2 Å². The number of benzene rings is 2. The first-order valence-electron chi connectivity index (χ1n) is 10.2. The summed E-state index contributed by atoms with van der Waals surface area (Å²) in [5.74, 6) is 13.5. The Hall–Kier alpha value is -2.64. The Kier molecular flexibility index (Phi) is 9.70. The van der Waals surface area contributed by atoms with E-state index in [0.717, 1.165) is 41.9 Å². The van der Waals surface area contributed by atoms with Gasteiger partial charge in [-0.25, -0.2) is 0 Å². The number of rotatable bonds is 8. The summed E-state index contributed by atoms with van der Waals surface area (Å²) in [4.78, 5) is 0.